The summed E-state index contributed by atoms with van der Waals surface area (Å²) in [6.07, 6.45) is 4.95. The predicted molar refractivity (Wildman–Crippen MR) is 95.7 cm³/mol. The van der Waals surface area contributed by atoms with Crippen LogP contribution in [-0.4, -0.2) is 43.7 Å². The molecule has 0 spiro atoms. The molecule has 6 heteroatoms. The normalized spacial score (nSPS) is 19.1. The number of hydrogen-bond acceptors (Lipinski definition) is 5. The Labute approximate surface area is 143 Å². The van der Waals surface area contributed by atoms with Crippen molar-refractivity contribution in [3.05, 3.63) is 54.2 Å². The van der Waals surface area contributed by atoms with Gasteiger partial charge in [-0.15, -0.1) is 0 Å². The molecule has 24 heavy (non-hydrogen) atoms. The number of anilines is 1. The number of pyridine rings is 1. The van der Waals surface area contributed by atoms with Crippen LogP contribution >= 0.6 is 0 Å². The van der Waals surface area contributed by atoms with Crippen LogP contribution in [0.3, 0.4) is 0 Å². The fourth-order valence-corrected chi connectivity index (χ4v) is 3.94. The molecule has 1 fully saturated rings. The highest BCUT2D eigenvalue weighted by atomic mass is 32.2. The van der Waals surface area contributed by atoms with Crippen molar-refractivity contribution < 1.29 is 8.42 Å². The molecular weight excluding hydrogens is 322 g/mol. The number of benzene rings is 1. The van der Waals surface area contributed by atoms with Crippen LogP contribution in [0.15, 0.2) is 53.6 Å². The maximum atomic E-state index is 11.9. The average molecular weight is 345 g/mol. The van der Waals surface area contributed by atoms with E-state index in [1.807, 2.05) is 6.07 Å². The van der Waals surface area contributed by atoms with E-state index in [4.69, 9.17) is 0 Å². The second-order valence-corrected chi connectivity index (χ2v) is 8.31. The molecule has 0 bridgehead atoms. The summed E-state index contributed by atoms with van der Waals surface area (Å²) in [7, 11) is -3.28. The molecule has 0 aliphatic carbocycles. The third kappa shape index (κ3) is 4.33. The average Bonchev–Trinajstić information content (AvgIpc) is 2.56. The molecule has 3 rings (SSSR count). The Kier molecular flexibility index (Phi) is 5.16. The van der Waals surface area contributed by atoms with E-state index in [0.717, 1.165) is 32.5 Å². The van der Waals surface area contributed by atoms with E-state index in [9.17, 15) is 8.42 Å². The smallest absolute Gasteiger partial charge is 0.179 e. The molecule has 1 atom stereocenters. The Morgan fingerprint density at radius 1 is 1.21 bits per heavy atom. The van der Waals surface area contributed by atoms with Gasteiger partial charge in [-0.05, 0) is 37.1 Å². The van der Waals surface area contributed by atoms with Crippen molar-refractivity contribution in [3.63, 3.8) is 0 Å². The lowest BCUT2D eigenvalue weighted by Crippen LogP contribution is -2.41. The topological polar surface area (TPSA) is 62.3 Å². The Morgan fingerprint density at radius 3 is 2.75 bits per heavy atom. The number of hydrogen-bond donors (Lipinski definition) is 1. The molecule has 2 aromatic rings. The summed E-state index contributed by atoms with van der Waals surface area (Å²) in [6.45, 7) is 2.86. The molecule has 0 saturated carbocycles. The summed E-state index contributed by atoms with van der Waals surface area (Å²) < 4.78 is 23.8. The minimum absolute atomic E-state index is 0.206. The van der Waals surface area contributed by atoms with Crippen molar-refractivity contribution in [1.82, 2.24) is 9.88 Å². The van der Waals surface area contributed by atoms with Crippen molar-refractivity contribution in [1.29, 1.82) is 0 Å². The maximum absolute atomic E-state index is 11.9. The zero-order valence-corrected chi connectivity index (χ0v) is 14.7. The Hall–Kier alpha value is -1.92. The lowest BCUT2D eigenvalue weighted by atomic mass is 10.0. The minimum atomic E-state index is -3.28. The summed E-state index contributed by atoms with van der Waals surface area (Å²) in [5.41, 5.74) is 1.30. The highest BCUT2D eigenvalue weighted by Crippen LogP contribution is 2.22. The van der Waals surface area contributed by atoms with Crippen LogP contribution in [0, 0.1) is 0 Å². The first-order valence-electron chi connectivity index (χ1n) is 8.20. The molecule has 1 aromatic heterocycles. The van der Waals surface area contributed by atoms with E-state index in [0.29, 0.717) is 5.82 Å². The van der Waals surface area contributed by atoms with Gasteiger partial charge in [-0.1, -0.05) is 30.3 Å². The lowest BCUT2D eigenvalue weighted by molar-refractivity contribution is 0.208. The second kappa shape index (κ2) is 7.32. The molecule has 1 saturated heterocycles. The van der Waals surface area contributed by atoms with Gasteiger partial charge in [0.05, 0.1) is 0 Å². The molecule has 0 radical (unpaired) electrons. The largest absolute Gasteiger partial charge is 0.365 e. The second-order valence-electron chi connectivity index (χ2n) is 6.33. The Morgan fingerprint density at radius 2 is 2.00 bits per heavy atom. The van der Waals surface area contributed by atoms with Crippen molar-refractivity contribution in [2.24, 2.45) is 0 Å². The molecule has 5 nitrogen and oxygen atoms in total. The molecule has 1 aromatic carbocycles. The van der Waals surface area contributed by atoms with Crippen molar-refractivity contribution >= 4 is 15.7 Å². The van der Waals surface area contributed by atoms with E-state index in [2.05, 4.69) is 39.5 Å². The summed E-state index contributed by atoms with van der Waals surface area (Å²) in [5, 5.41) is 3.34. The standard InChI is InChI=1S/C18H23N3O2S/c1-24(22,23)17-10-5-11-19-18(17)20-16-9-6-12-21(14-16)13-15-7-3-2-4-8-15/h2-5,7-8,10-11,16H,6,9,12-14H2,1H3,(H,19,20). The first kappa shape index (κ1) is 16.9. The predicted octanol–water partition coefficient (Wildman–Crippen LogP) is 2.56. The van der Waals surface area contributed by atoms with E-state index in [1.54, 1.807) is 18.3 Å². The van der Waals surface area contributed by atoms with Crippen molar-refractivity contribution in [3.8, 4) is 0 Å². The molecule has 2 heterocycles. The highest BCUT2D eigenvalue weighted by molar-refractivity contribution is 7.90. The Balaban J connectivity index is 1.68. The molecule has 1 aliphatic rings. The van der Waals surface area contributed by atoms with Crippen molar-refractivity contribution in [2.45, 2.75) is 30.3 Å². The van der Waals surface area contributed by atoms with Gasteiger partial charge in [0.15, 0.2) is 9.84 Å². The van der Waals surface area contributed by atoms with Gasteiger partial charge in [-0.25, -0.2) is 13.4 Å². The summed E-state index contributed by atoms with van der Waals surface area (Å²) in [4.78, 5) is 6.91. The minimum Gasteiger partial charge on any atom is -0.365 e. The van der Waals surface area contributed by atoms with E-state index in [-0.39, 0.29) is 10.9 Å². The third-order valence-electron chi connectivity index (χ3n) is 4.27. The number of nitrogens with one attached hydrogen (secondary N) is 1. The van der Waals surface area contributed by atoms with Crippen LogP contribution in [-0.2, 0) is 16.4 Å². The van der Waals surface area contributed by atoms with E-state index < -0.39 is 9.84 Å². The van der Waals surface area contributed by atoms with Crippen molar-refractivity contribution in [2.75, 3.05) is 24.7 Å². The number of likely N-dealkylation sites (tertiary alicyclic amines) is 1. The van der Waals surface area contributed by atoms with Gasteiger partial charge in [-0.3, -0.25) is 4.90 Å². The first-order chi connectivity index (χ1) is 11.5. The molecule has 0 amide bonds. The van der Waals surface area contributed by atoms with Crippen LogP contribution in [0.25, 0.3) is 0 Å². The highest BCUT2D eigenvalue weighted by Gasteiger charge is 2.22. The first-order valence-corrected chi connectivity index (χ1v) is 10.1. The number of aromatic nitrogens is 1. The van der Waals surface area contributed by atoms with Crippen LogP contribution in [0.2, 0.25) is 0 Å². The SMILES string of the molecule is CS(=O)(=O)c1cccnc1NC1CCCN(Cc2ccccc2)C1. The number of sulfone groups is 1. The summed E-state index contributed by atoms with van der Waals surface area (Å²) in [5.74, 6) is 0.464. The number of rotatable bonds is 5. The van der Waals surface area contributed by atoms with Crippen LogP contribution in [0.1, 0.15) is 18.4 Å². The zero-order valence-electron chi connectivity index (χ0n) is 13.9. The quantitative estimate of drug-likeness (QED) is 0.902. The molecular formula is C18H23N3O2S. The zero-order chi connectivity index (χ0) is 17.0. The number of piperidine rings is 1. The lowest BCUT2D eigenvalue weighted by Gasteiger charge is -2.33. The van der Waals surface area contributed by atoms with Gasteiger partial charge in [0.25, 0.3) is 0 Å². The van der Waals surface area contributed by atoms with Gasteiger partial charge in [0, 0.05) is 31.6 Å². The van der Waals surface area contributed by atoms with Gasteiger partial charge in [-0.2, -0.15) is 0 Å². The van der Waals surface area contributed by atoms with Gasteiger partial charge in [0.2, 0.25) is 0 Å². The van der Waals surface area contributed by atoms with Gasteiger partial charge < -0.3 is 5.32 Å². The molecule has 1 N–H and O–H groups in total. The van der Waals surface area contributed by atoms with Crippen LogP contribution < -0.4 is 5.32 Å². The fraction of sp³-hybridized carbons (Fsp3) is 0.389. The third-order valence-corrected chi connectivity index (χ3v) is 5.39. The fourth-order valence-electron chi connectivity index (χ4n) is 3.15. The van der Waals surface area contributed by atoms with E-state index >= 15 is 0 Å². The summed E-state index contributed by atoms with van der Waals surface area (Å²) in [6, 6.07) is 13.9. The monoisotopic (exact) mass is 345 g/mol. The summed E-state index contributed by atoms with van der Waals surface area (Å²) >= 11 is 0. The van der Waals surface area contributed by atoms with Crippen LogP contribution in [0.5, 0.6) is 0 Å². The number of nitrogens with zero attached hydrogens (tertiary/aromatic N) is 2. The van der Waals surface area contributed by atoms with Gasteiger partial charge in [0.1, 0.15) is 10.7 Å². The molecule has 1 unspecified atom stereocenters. The van der Waals surface area contributed by atoms with E-state index in [1.165, 1.54) is 11.8 Å². The molecule has 128 valence electrons. The Bertz CT molecular complexity index is 778. The van der Waals surface area contributed by atoms with Crippen LogP contribution in [0.4, 0.5) is 5.82 Å². The van der Waals surface area contributed by atoms with Gasteiger partial charge >= 0.3 is 0 Å². The maximum Gasteiger partial charge on any atom is 0.179 e. The molecule has 1 aliphatic heterocycles.